The van der Waals surface area contributed by atoms with E-state index in [9.17, 15) is 0 Å². The topological polar surface area (TPSA) is 53.5 Å². The number of rotatable bonds is 6. The van der Waals surface area contributed by atoms with Crippen LogP contribution in [0.3, 0.4) is 0 Å². The Bertz CT molecular complexity index is 3820. The van der Waals surface area contributed by atoms with Crippen molar-refractivity contribution in [2.75, 3.05) is 0 Å². The summed E-state index contributed by atoms with van der Waals surface area (Å²) >= 11 is 0. The molecule has 4 aromatic heterocycles. The zero-order valence-corrected chi connectivity index (χ0v) is 34.0. The predicted octanol–water partition coefficient (Wildman–Crippen LogP) is 14.2. The highest BCUT2D eigenvalue weighted by Crippen LogP contribution is 2.43. The van der Waals surface area contributed by atoms with E-state index in [-0.39, 0.29) is 0 Å². The quantitative estimate of drug-likeness (QED) is 0.168. The van der Waals surface area contributed by atoms with Crippen molar-refractivity contribution >= 4 is 65.4 Å². The summed E-state index contributed by atoms with van der Waals surface area (Å²) in [6.07, 6.45) is 0. The molecule has 13 rings (SSSR count). The monoisotopic (exact) mass is 804 g/mol. The largest absolute Gasteiger partial charge is 0.309 e. The lowest BCUT2D eigenvalue weighted by Crippen LogP contribution is -2.00. The number of para-hydroxylation sites is 4. The molecule has 294 valence electrons. The first-order valence-corrected chi connectivity index (χ1v) is 21.3. The Kier molecular flexibility index (Phi) is 7.80. The smallest absolute Gasteiger partial charge is 0.164 e. The van der Waals surface area contributed by atoms with Gasteiger partial charge in [0.2, 0.25) is 0 Å². The van der Waals surface area contributed by atoms with Gasteiger partial charge in [0.15, 0.2) is 17.5 Å². The summed E-state index contributed by atoms with van der Waals surface area (Å²) in [6, 6.07) is 77.4. The fourth-order valence-electron chi connectivity index (χ4n) is 9.73. The molecule has 0 spiro atoms. The molecule has 4 heterocycles. The average molecular weight is 805 g/mol. The van der Waals surface area contributed by atoms with Gasteiger partial charge < -0.3 is 13.7 Å². The van der Waals surface area contributed by atoms with Crippen LogP contribution in [0, 0.1) is 0 Å². The second kappa shape index (κ2) is 14.0. The number of fused-ring (bicyclic) bond motifs is 10. The van der Waals surface area contributed by atoms with Crippen molar-refractivity contribution in [2.45, 2.75) is 0 Å². The predicted molar refractivity (Wildman–Crippen MR) is 259 cm³/mol. The van der Waals surface area contributed by atoms with E-state index >= 15 is 0 Å². The van der Waals surface area contributed by atoms with Crippen LogP contribution in [0.5, 0.6) is 0 Å². The summed E-state index contributed by atoms with van der Waals surface area (Å²) in [6.45, 7) is 0. The molecule has 0 fully saturated rings. The van der Waals surface area contributed by atoms with Crippen LogP contribution in [0.1, 0.15) is 0 Å². The fraction of sp³-hybridized carbons (Fsp3) is 0. The summed E-state index contributed by atoms with van der Waals surface area (Å²) in [7, 11) is 0. The van der Waals surface area contributed by atoms with Gasteiger partial charge in [-0.1, -0.05) is 140 Å². The highest BCUT2D eigenvalue weighted by Gasteiger charge is 2.22. The Labute approximate surface area is 362 Å². The number of benzene rings is 9. The highest BCUT2D eigenvalue weighted by atomic mass is 15.0. The van der Waals surface area contributed by atoms with Crippen molar-refractivity contribution < 1.29 is 0 Å². The molecular formula is C57H36N6. The van der Waals surface area contributed by atoms with E-state index in [2.05, 4.69) is 171 Å². The van der Waals surface area contributed by atoms with Crippen LogP contribution < -0.4 is 0 Å². The number of nitrogens with zero attached hydrogens (tertiary/aromatic N) is 6. The molecule has 0 amide bonds. The number of hydrogen-bond donors (Lipinski definition) is 0. The lowest BCUT2D eigenvalue weighted by molar-refractivity contribution is 1.07. The average Bonchev–Trinajstić information content (AvgIpc) is 4.00. The van der Waals surface area contributed by atoms with Crippen molar-refractivity contribution in [1.29, 1.82) is 0 Å². The van der Waals surface area contributed by atoms with E-state index in [0.29, 0.717) is 17.5 Å². The molecule has 0 unspecified atom stereocenters. The van der Waals surface area contributed by atoms with E-state index in [1.807, 2.05) is 60.7 Å². The molecule has 0 bridgehead atoms. The van der Waals surface area contributed by atoms with Crippen molar-refractivity contribution in [2.24, 2.45) is 0 Å². The van der Waals surface area contributed by atoms with Crippen LogP contribution in [-0.2, 0) is 0 Å². The van der Waals surface area contributed by atoms with Crippen molar-refractivity contribution in [1.82, 2.24) is 28.7 Å². The normalized spacial score (nSPS) is 11.8. The van der Waals surface area contributed by atoms with Gasteiger partial charge >= 0.3 is 0 Å². The van der Waals surface area contributed by atoms with Crippen LogP contribution in [0.4, 0.5) is 0 Å². The third-order valence-corrected chi connectivity index (χ3v) is 12.5. The van der Waals surface area contributed by atoms with Gasteiger partial charge in [0.05, 0.1) is 33.1 Å². The molecule has 63 heavy (non-hydrogen) atoms. The Balaban J connectivity index is 0.994. The van der Waals surface area contributed by atoms with E-state index in [1.54, 1.807) is 0 Å². The first kappa shape index (κ1) is 35.2. The fourth-order valence-corrected chi connectivity index (χ4v) is 9.73. The maximum Gasteiger partial charge on any atom is 0.164 e. The molecule has 9 aromatic carbocycles. The van der Waals surface area contributed by atoms with Crippen LogP contribution in [0.2, 0.25) is 0 Å². The van der Waals surface area contributed by atoms with Crippen LogP contribution in [0.25, 0.3) is 117 Å². The summed E-state index contributed by atoms with van der Waals surface area (Å²) in [4.78, 5) is 14.9. The van der Waals surface area contributed by atoms with E-state index in [0.717, 1.165) is 44.8 Å². The van der Waals surface area contributed by atoms with E-state index < -0.39 is 0 Å². The van der Waals surface area contributed by atoms with Crippen LogP contribution in [0.15, 0.2) is 218 Å². The Morgan fingerprint density at radius 2 is 0.603 bits per heavy atom. The van der Waals surface area contributed by atoms with Crippen molar-refractivity contribution in [3.05, 3.63) is 218 Å². The van der Waals surface area contributed by atoms with Gasteiger partial charge in [-0.25, -0.2) is 15.0 Å². The molecule has 0 radical (unpaired) electrons. The minimum absolute atomic E-state index is 0.633. The Morgan fingerprint density at radius 3 is 1.14 bits per heavy atom. The SMILES string of the molecule is c1ccc(-c2nc(-c3ccccc3)nc(-c3ccc(-n4c5ccccc5c5c6c7ccccc7n(-c7ccc8c9ccccc9n(-c9ccccc9)c8c7)c6ccc54)cc3)n2)cc1. The molecule has 0 N–H and O–H groups in total. The van der Waals surface area contributed by atoms with Crippen LogP contribution in [-0.4, -0.2) is 28.7 Å². The first-order chi connectivity index (χ1) is 31.3. The van der Waals surface area contributed by atoms with Gasteiger partial charge in [0.1, 0.15) is 0 Å². The molecule has 6 heteroatoms. The number of hydrogen-bond acceptors (Lipinski definition) is 3. The van der Waals surface area contributed by atoms with Crippen molar-refractivity contribution in [3.8, 4) is 51.2 Å². The molecule has 0 aliphatic heterocycles. The van der Waals surface area contributed by atoms with Gasteiger partial charge in [-0.2, -0.15) is 0 Å². The molecule has 0 aliphatic rings. The van der Waals surface area contributed by atoms with Gasteiger partial charge in [0, 0.05) is 66.1 Å². The number of aromatic nitrogens is 6. The molecular weight excluding hydrogens is 769 g/mol. The molecule has 6 nitrogen and oxygen atoms in total. The first-order valence-electron chi connectivity index (χ1n) is 21.3. The maximum atomic E-state index is 5.00. The molecule has 0 saturated heterocycles. The van der Waals surface area contributed by atoms with Gasteiger partial charge in [-0.3, -0.25) is 0 Å². The maximum absolute atomic E-state index is 5.00. The summed E-state index contributed by atoms with van der Waals surface area (Å²) in [5.74, 6) is 1.92. The Morgan fingerprint density at radius 1 is 0.238 bits per heavy atom. The van der Waals surface area contributed by atoms with Crippen molar-refractivity contribution in [3.63, 3.8) is 0 Å². The second-order valence-corrected chi connectivity index (χ2v) is 16.0. The third kappa shape index (κ3) is 5.48. The lowest BCUT2D eigenvalue weighted by Gasteiger charge is -2.12. The van der Waals surface area contributed by atoms with Gasteiger partial charge in [0.25, 0.3) is 0 Å². The summed E-state index contributed by atoms with van der Waals surface area (Å²) < 4.78 is 7.23. The Hall–Kier alpha value is -8.61. The zero-order valence-electron chi connectivity index (χ0n) is 34.0. The minimum atomic E-state index is 0.633. The molecule has 0 saturated carbocycles. The lowest BCUT2D eigenvalue weighted by atomic mass is 10.1. The molecule has 0 aliphatic carbocycles. The van der Waals surface area contributed by atoms with Gasteiger partial charge in [-0.15, -0.1) is 0 Å². The molecule has 0 atom stereocenters. The minimum Gasteiger partial charge on any atom is -0.309 e. The highest BCUT2D eigenvalue weighted by molar-refractivity contribution is 6.29. The zero-order chi connectivity index (χ0) is 41.4. The standard InChI is InChI=1S/C57H36N6/c1-4-16-37(17-5-1)55-58-56(38-18-6-2-7-19-38)60-57(59-55)39-28-30-41(31-29-39)61-48-26-14-11-23-45(48)53-50(61)34-35-51-54(53)46-24-12-15-27-49(46)63(51)42-32-33-44-43-22-10-13-25-47(43)62(52(44)36-42)40-20-8-3-9-21-40/h1-36H. The molecule has 13 aromatic rings. The summed E-state index contributed by atoms with van der Waals surface area (Å²) in [5, 5.41) is 7.39. The van der Waals surface area contributed by atoms with E-state index in [4.69, 9.17) is 15.0 Å². The summed E-state index contributed by atoms with van der Waals surface area (Å²) in [5.41, 5.74) is 13.2. The third-order valence-electron chi connectivity index (χ3n) is 12.5. The van der Waals surface area contributed by atoms with Gasteiger partial charge in [-0.05, 0) is 78.9 Å². The van der Waals surface area contributed by atoms with Crippen LogP contribution >= 0.6 is 0 Å². The second-order valence-electron chi connectivity index (χ2n) is 16.0. The van der Waals surface area contributed by atoms with E-state index in [1.165, 1.54) is 54.4 Å².